The Morgan fingerprint density at radius 2 is 1.86 bits per heavy atom. The first-order chi connectivity index (χ1) is 13.8. The fraction of sp³-hybridized carbons (Fsp3) is 0.273. The van der Waals surface area contributed by atoms with Crippen LogP contribution in [-0.4, -0.2) is 31.6 Å². The lowest BCUT2D eigenvalue weighted by Gasteiger charge is -2.11. The minimum absolute atomic E-state index is 0.0377. The van der Waals surface area contributed by atoms with E-state index in [-0.39, 0.29) is 17.9 Å². The van der Waals surface area contributed by atoms with E-state index >= 15 is 0 Å². The zero-order chi connectivity index (χ0) is 21.4. The number of rotatable bonds is 8. The summed E-state index contributed by atoms with van der Waals surface area (Å²) >= 11 is 6.23. The molecular formula is C22H25ClN2O4. The van der Waals surface area contributed by atoms with Crippen LogP contribution in [0.3, 0.4) is 0 Å². The highest BCUT2D eigenvalue weighted by atomic mass is 35.5. The number of hydrogen-bond donors (Lipinski definition) is 2. The third-order valence-corrected chi connectivity index (χ3v) is 4.09. The summed E-state index contributed by atoms with van der Waals surface area (Å²) in [7, 11) is 1.52. The summed E-state index contributed by atoms with van der Waals surface area (Å²) in [6.45, 7) is 6.08. The highest BCUT2D eigenvalue weighted by molar-refractivity contribution is 6.32. The molecule has 0 aliphatic rings. The lowest BCUT2D eigenvalue weighted by molar-refractivity contribution is 0.104. The maximum atomic E-state index is 12.4. The Hall–Kier alpha value is -2.99. The highest BCUT2D eigenvalue weighted by Gasteiger charge is 2.11. The Kier molecular flexibility index (Phi) is 8.09. The van der Waals surface area contributed by atoms with Gasteiger partial charge in [-0.05, 0) is 68.8 Å². The molecule has 0 aliphatic heterocycles. The van der Waals surface area contributed by atoms with E-state index in [9.17, 15) is 9.59 Å². The normalized spacial score (nSPS) is 10.8. The molecule has 6 nitrogen and oxygen atoms in total. The average Bonchev–Trinajstić information content (AvgIpc) is 2.66. The van der Waals surface area contributed by atoms with E-state index in [1.807, 2.05) is 20.8 Å². The number of urea groups is 1. The summed E-state index contributed by atoms with van der Waals surface area (Å²) in [5.41, 5.74) is 1.82. The number of nitrogens with one attached hydrogen (secondary N) is 2. The number of ether oxygens (including phenoxy) is 2. The van der Waals surface area contributed by atoms with Crippen molar-refractivity contribution in [1.82, 2.24) is 5.32 Å². The molecule has 2 amide bonds. The van der Waals surface area contributed by atoms with Crippen LogP contribution in [-0.2, 0) is 0 Å². The Balaban J connectivity index is 2.10. The van der Waals surface area contributed by atoms with E-state index in [0.717, 1.165) is 5.56 Å². The zero-order valence-corrected chi connectivity index (χ0v) is 17.7. The predicted molar refractivity (Wildman–Crippen MR) is 116 cm³/mol. The van der Waals surface area contributed by atoms with E-state index in [1.54, 1.807) is 42.5 Å². The van der Waals surface area contributed by atoms with Gasteiger partial charge in [-0.25, -0.2) is 4.79 Å². The van der Waals surface area contributed by atoms with Gasteiger partial charge < -0.3 is 20.1 Å². The number of halogens is 1. The lowest BCUT2D eigenvalue weighted by Crippen LogP contribution is -2.34. The van der Waals surface area contributed by atoms with Gasteiger partial charge in [-0.3, -0.25) is 4.79 Å². The molecule has 0 bridgehead atoms. The summed E-state index contributed by atoms with van der Waals surface area (Å²) in [6.07, 6.45) is 3.13. The van der Waals surface area contributed by atoms with Crippen molar-refractivity contribution in [2.24, 2.45) is 0 Å². The number of carbonyl (C=O) groups excluding carboxylic acids is 2. The van der Waals surface area contributed by atoms with Crippen molar-refractivity contribution in [3.8, 4) is 11.5 Å². The summed E-state index contributed by atoms with van der Waals surface area (Å²) in [6, 6.07) is 9.88. The average molecular weight is 417 g/mol. The van der Waals surface area contributed by atoms with Crippen LogP contribution < -0.4 is 20.1 Å². The number of methoxy groups -OCH3 is 1. The van der Waals surface area contributed by atoms with Crippen LogP contribution in [0.25, 0.3) is 6.08 Å². The number of benzene rings is 2. The Morgan fingerprint density at radius 1 is 1.17 bits per heavy atom. The van der Waals surface area contributed by atoms with E-state index in [2.05, 4.69) is 10.6 Å². The van der Waals surface area contributed by atoms with E-state index in [4.69, 9.17) is 21.1 Å². The second-order valence-electron chi connectivity index (χ2n) is 6.50. The van der Waals surface area contributed by atoms with Crippen LogP contribution in [0, 0.1) is 0 Å². The first kappa shape index (κ1) is 22.3. The topological polar surface area (TPSA) is 76.7 Å². The second kappa shape index (κ2) is 10.5. The fourth-order valence-corrected chi connectivity index (χ4v) is 2.86. The van der Waals surface area contributed by atoms with Crippen LogP contribution in [0.4, 0.5) is 10.5 Å². The smallest absolute Gasteiger partial charge is 0.319 e. The van der Waals surface area contributed by atoms with Crippen LogP contribution in [0.1, 0.15) is 36.7 Å². The molecule has 0 saturated carbocycles. The molecule has 0 atom stereocenters. The molecular weight excluding hydrogens is 392 g/mol. The van der Waals surface area contributed by atoms with Crippen molar-refractivity contribution in [2.75, 3.05) is 19.0 Å². The van der Waals surface area contributed by atoms with E-state index in [1.165, 1.54) is 13.2 Å². The monoisotopic (exact) mass is 416 g/mol. The predicted octanol–water partition coefficient (Wildman–Crippen LogP) is 5.17. The van der Waals surface area contributed by atoms with Gasteiger partial charge in [0.25, 0.3) is 0 Å². The van der Waals surface area contributed by atoms with Gasteiger partial charge in [-0.1, -0.05) is 17.7 Å². The summed E-state index contributed by atoms with van der Waals surface area (Å²) in [5, 5.41) is 5.85. The minimum Gasteiger partial charge on any atom is -0.491 e. The quantitative estimate of drug-likeness (QED) is 0.459. The first-order valence-electron chi connectivity index (χ1n) is 9.24. The maximum Gasteiger partial charge on any atom is 0.319 e. The molecule has 2 N–H and O–H groups in total. The molecule has 2 rings (SSSR count). The van der Waals surface area contributed by atoms with E-state index in [0.29, 0.717) is 34.4 Å². The number of ketones is 1. The number of carbonyl (C=O) groups is 2. The molecule has 0 saturated heterocycles. The van der Waals surface area contributed by atoms with Crippen molar-refractivity contribution >= 4 is 35.2 Å². The molecule has 0 unspecified atom stereocenters. The van der Waals surface area contributed by atoms with Crippen molar-refractivity contribution < 1.29 is 19.1 Å². The molecule has 0 heterocycles. The van der Waals surface area contributed by atoms with Gasteiger partial charge in [-0.2, -0.15) is 0 Å². The first-order valence-corrected chi connectivity index (χ1v) is 9.62. The Morgan fingerprint density at radius 3 is 2.45 bits per heavy atom. The highest BCUT2D eigenvalue weighted by Crippen LogP contribution is 2.36. The van der Waals surface area contributed by atoms with Gasteiger partial charge in [0.1, 0.15) is 0 Å². The molecule has 2 aromatic rings. The number of amides is 2. The van der Waals surface area contributed by atoms with Crippen LogP contribution >= 0.6 is 11.6 Å². The Bertz CT molecular complexity index is 892. The van der Waals surface area contributed by atoms with Crippen molar-refractivity contribution in [2.45, 2.75) is 26.8 Å². The summed E-state index contributed by atoms with van der Waals surface area (Å²) in [4.78, 5) is 24.2. The molecule has 0 spiro atoms. The third-order valence-electron chi connectivity index (χ3n) is 3.81. The van der Waals surface area contributed by atoms with Gasteiger partial charge in [-0.15, -0.1) is 0 Å². The van der Waals surface area contributed by atoms with Gasteiger partial charge in [0.2, 0.25) is 0 Å². The molecule has 0 aromatic heterocycles. The molecule has 154 valence electrons. The molecule has 0 aliphatic carbocycles. The van der Waals surface area contributed by atoms with Gasteiger partial charge in [0, 0.05) is 17.3 Å². The molecule has 29 heavy (non-hydrogen) atoms. The third kappa shape index (κ3) is 6.54. The standard InChI is InChI=1S/C22H25ClN2O4/c1-5-29-20-13-15(12-18(23)21(20)28-4)6-11-19(26)16-7-9-17(10-8-16)25-22(27)24-14(2)3/h6-14H,5H2,1-4H3,(H2,24,25,27). The summed E-state index contributed by atoms with van der Waals surface area (Å²) in [5.74, 6) is 0.805. The molecule has 2 aromatic carbocycles. The minimum atomic E-state index is -0.291. The maximum absolute atomic E-state index is 12.4. The Labute approximate surface area is 175 Å². The van der Waals surface area contributed by atoms with Gasteiger partial charge >= 0.3 is 6.03 Å². The van der Waals surface area contributed by atoms with Crippen LogP contribution in [0.15, 0.2) is 42.5 Å². The number of hydrogen-bond acceptors (Lipinski definition) is 4. The van der Waals surface area contributed by atoms with Crippen molar-refractivity contribution in [3.05, 3.63) is 58.6 Å². The molecule has 0 fully saturated rings. The van der Waals surface area contributed by atoms with Crippen LogP contribution in [0.5, 0.6) is 11.5 Å². The zero-order valence-electron chi connectivity index (χ0n) is 16.9. The lowest BCUT2D eigenvalue weighted by atomic mass is 10.1. The molecule has 7 heteroatoms. The number of anilines is 1. The van der Waals surface area contributed by atoms with Gasteiger partial charge in [0.15, 0.2) is 17.3 Å². The SMILES string of the molecule is CCOc1cc(C=CC(=O)c2ccc(NC(=O)NC(C)C)cc2)cc(Cl)c1OC. The van der Waals surface area contributed by atoms with Crippen molar-refractivity contribution in [1.29, 1.82) is 0 Å². The fourth-order valence-electron chi connectivity index (χ4n) is 2.56. The summed E-state index contributed by atoms with van der Waals surface area (Å²) < 4.78 is 10.8. The second-order valence-corrected chi connectivity index (χ2v) is 6.90. The van der Waals surface area contributed by atoms with Crippen molar-refractivity contribution in [3.63, 3.8) is 0 Å². The van der Waals surface area contributed by atoms with Gasteiger partial charge in [0.05, 0.1) is 18.7 Å². The number of allylic oxidation sites excluding steroid dienone is 1. The van der Waals surface area contributed by atoms with Crippen LogP contribution in [0.2, 0.25) is 5.02 Å². The molecule has 0 radical (unpaired) electrons. The largest absolute Gasteiger partial charge is 0.491 e. The van der Waals surface area contributed by atoms with E-state index < -0.39 is 0 Å².